The fourth-order valence-electron chi connectivity index (χ4n) is 3.94. The minimum Gasteiger partial charge on any atom is -0.381 e. The number of hydrogen-bond donors (Lipinski definition) is 1. The highest BCUT2D eigenvalue weighted by Gasteiger charge is 2.33. The lowest BCUT2D eigenvalue weighted by Gasteiger charge is -2.39. The van der Waals surface area contributed by atoms with E-state index in [4.69, 9.17) is 9.72 Å². The van der Waals surface area contributed by atoms with E-state index in [0.717, 1.165) is 31.4 Å². The molecule has 4 rings (SSSR count). The topological polar surface area (TPSA) is 104 Å². The second-order valence-electron chi connectivity index (χ2n) is 7.23. The van der Waals surface area contributed by atoms with E-state index in [0.29, 0.717) is 28.6 Å². The van der Waals surface area contributed by atoms with Crippen LogP contribution in [-0.4, -0.2) is 46.7 Å². The Kier molecular flexibility index (Phi) is 4.92. The first-order valence-electron chi connectivity index (χ1n) is 9.43. The van der Waals surface area contributed by atoms with Crippen LogP contribution in [0.25, 0.3) is 11.3 Å². The summed E-state index contributed by atoms with van der Waals surface area (Å²) in [6, 6.07) is 6.04. The Bertz CT molecular complexity index is 946. The van der Waals surface area contributed by atoms with Crippen LogP contribution in [0.3, 0.4) is 0 Å². The van der Waals surface area contributed by atoms with Crippen molar-refractivity contribution in [3.8, 4) is 17.3 Å². The number of rotatable bonds is 3. The number of amides is 1. The van der Waals surface area contributed by atoms with Crippen LogP contribution >= 0.6 is 0 Å². The minimum atomic E-state index is -0.0851. The molecule has 0 bridgehead atoms. The number of carbonyl (C=O) groups excluding carboxylic acids is 1. The lowest BCUT2D eigenvalue weighted by Crippen LogP contribution is -2.47. The average Bonchev–Trinajstić information content (AvgIpc) is 2.73. The monoisotopic (exact) mass is 378 g/mol. The van der Waals surface area contributed by atoms with Crippen molar-refractivity contribution in [1.82, 2.24) is 15.0 Å². The van der Waals surface area contributed by atoms with E-state index in [1.807, 2.05) is 24.0 Å². The number of nitrogens with zero attached hydrogens (tertiary/aromatic N) is 5. The molecule has 8 heteroatoms. The molecule has 144 valence electrons. The molecule has 0 unspecified atom stereocenters. The number of ether oxygens (including phenoxy) is 1. The molecule has 1 fully saturated rings. The number of nitriles is 1. The highest BCUT2D eigenvalue weighted by molar-refractivity contribution is 5.99. The summed E-state index contributed by atoms with van der Waals surface area (Å²) in [4.78, 5) is 27.7. The van der Waals surface area contributed by atoms with Gasteiger partial charge in [0.2, 0.25) is 5.91 Å². The molecule has 0 spiro atoms. The predicted octanol–water partition coefficient (Wildman–Crippen LogP) is 2.43. The molecule has 28 heavy (non-hydrogen) atoms. The Morgan fingerprint density at radius 1 is 1.25 bits per heavy atom. The molecule has 2 aromatic rings. The van der Waals surface area contributed by atoms with Gasteiger partial charge in [-0.25, -0.2) is 15.0 Å². The van der Waals surface area contributed by atoms with Crippen molar-refractivity contribution in [2.75, 3.05) is 23.9 Å². The third-order valence-corrected chi connectivity index (χ3v) is 5.43. The van der Waals surface area contributed by atoms with Gasteiger partial charge in [0, 0.05) is 24.4 Å². The van der Waals surface area contributed by atoms with E-state index in [1.165, 1.54) is 0 Å². The summed E-state index contributed by atoms with van der Waals surface area (Å²) in [7, 11) is 1.74. The fourth-order valence-corrected chi connectivity index (χ4v) is 3.94. The van der Waals surface area contributed by atoms with Crippen LogP contribution in [0.5, 0.6) is 0 Å². The highest BCUT2D eigenvalue weighted by atomic mass is 16.5. The van der Waals surface area contributed by atoms with Crippen LogP contribution < -0.4 is 10.2 Å². The highest BCUT2D eigenvalue weighted by Crippen LogP contribution is 2.34. The van der Waals surface area contributed by atoms with Crippen LogP contribution in [0.15, 0.2) is 18.3 Å². The van der Waals surface area contributed by atoms with Gasteiger partial charge < -0.3 is 15.0 Å². The molecule has 1 aliphatic heterocycles. The number of carbonyl (C=O) groups is 1. The van der Waals surface area contributed by atoms with E-state index in [-0.39, 0.29) is 24.6 Å². The van der Waals surface area contributed by atoms with Gasteiger partial charge in [0.25, 0.3) is 0 Å². The van der Waals surface area contributed by atoms with Gasteiger partial charge in [-0.3, -0.25) is 4.79 Å². The first kappa shape index (κ1) is 18.3. The van der Waals surface area contributed by atoms with Gasteiger partial charge in [-0.2, -0.15) is 5.26 Å². The molecule has 0 atom stereocenters. The van der Waals surface area contributed by atoms with Crippen molar-refractivity contribution in [1.29, 1.82) is 5.26 Å². The summed E-state index contributed by atoms with van der Waals surface area (Å²) < 4.78 is 5.47. The molecule has 2 aromatic heterocycles. The van der Waals surface area contributed by atoms with Gasteiger partial charge >= 0.3 is 0 Å². The van der Waals surface area contributed by atoms with E-state index in [2.05, 4.69) is 21.4 Å². The van der Waals surface area contributed by atoms with Gasteiger partial charge in [0.05, 0.1) is 24.5 Å². The van der Waals surface area contributed by atoms with E-state index in [9.17, 15) is 10.1 Å². The quantitative estimate of drug-likeness (QED) is 0.874. The number of fused-ring (bicyclic) bond motifs is 1. The smallest absolute Gasteiger partial charge is 0.245 e. The van der Waals surface area contributed by atoms with E-state index < -0.39 is 0 Å². The lowest BCUT2D eigenvalue weighted by atomic mass is 9.91. The summed E-state index contributed by atoms with van der Waals surface area (Å²) in [5.74, 6) is 1.04. The maximum atomic E-state index is 12.2. The van der Waals surface area contributed by atoms with Crippen molar-refractivity contribution in [2.24, 2.45) is 0 Å². The second kappa shape index (κ2) is 7.52. The zero-order valence-electron chi connectivity index (χ0n) is 16.0. The van der Waals surface area contributed by atoms with Crippen LogP contribution in [0.4, 0.5) is 11.6 Å². The van der Waals surface area contributed by atoms with Crippen molar-refractivity contribution in [3.05, 3.63) is 29.7 Å². The van der Waals surface area contributed by atoms with E-state index in [1.54, 1.807) is 13.3 Å². The van der Waals surface area contributed by atoms with Crippen molar-refractivity contribution < 1.29 is 9.53 Å². The van der Waals surface area contributed by atoms with Crippen LogP contribution in [0.2, 0.25) is 0 Å². The molecule has 2 aliphatic rings. The van der Waals surface area contributed by atoms with Crippen molar-refractivity contribution >= 4 is 17.5 Å². The Labute approximate surface area is 163 Å². The Balaban J connectivity index is 1.70. The number of nitrogens with one attached hydrogen (secondary N) is 1. The van der Waals surface area contributed by atoms with Gasteiger partial charge in [0.15, 0.2) is 11.6 Å². The van der Waals surface area contributed by atoms with Crippen LogP contribution in [-0.2, 0) is 9.53 Å². The molecule has 3 heterocycles. The summed E-state index contributed by atoms with van der Waals surface area (Å²) >= 11 is 0. The Morgan fingerprint density at radius 3 is 2.75 bits per heavy atom. The maximum absolute atomic E-state index is 12.2. The molecule has 1 N–H and O–H groups in total. The zero-order chi connectivity index (χ0) is 19.7. The lowest BCUT2D eigenvalue weighted by molar-refractivity contribution is -0.115. The molecular weight excluding hydrogens is 356 g/mol. The van der Waals surface area contributed by atoms with E-state index >= 15 is 0 Å². The molecule has 0 aromatic carbocycles. The average molecular weight is 378 g/mol. The maximum Gasteiger partial charge on any atom is 0.245 e. The van der Waals surface area contributed by atoms with Gasteiger partial charge in [0.1, 0.15) is 11.8 Å². The summed E-state index contributed by atoms with van der Waals surface area (Å²) in [6.45, 7) is 2.10. The summed E-state index contributed by atoms with van der Waals surface area (Å²) in [5.41, 5.74) is 2.31. The van der Waals surface area contributed by atoms with Crippen LogP contribution in [0.1, 0.15) is 37.1 Å². The summed E-state index contributed by atoms with van der Waals surface area (Å²) in [5, 5.41) is 12.2. The molecule has 0 saturated heterocycles. The predicted molar refractivity (Wildman–Crippen MR) is 104 cm³/mol. The number of hydrogen-bond acceptors (Lipinski definition) is 7. The second-order valence-corrected chi connectivity index (χ2v) is 7.23. The molecule has 8 nitrogen and oxygen atoms in total. The Morgan fingerprint density at radius 2 is 2.04 bits per heavy atom. The molecule has 1 saturated carbocycles. The zero-order valence-corrected chi connectivity index (χ0v) is 16.0. The number of aryl methyl sites for hydroxylation is 1. The Hall–Kier alpha value is -3.05. The van der Waals surface area contributed by atoms with Gasteiger partial charge in [-0.1, -0.05) is 0 Å². The summed E-state index contributed by atoms with van der Waals surface area (Å²) in [6.07, 6.45) is 5.66. The SMILES string of the molecule is COC1CCC(N2CC(=O)Nc3ncc(-c4ccc(C)nc4C#N)nc32)CC1. The molecule has 0 radical (unpaired) electrons. The fraction of sp³-hybridized carbons (Fsp3) is 0.450. The normalized spacial score (nSPS) is 21.6. The minimum absolute atomic E-state index is 0.0851. The van der Waals surface area contributed by atoms with Crippen molar-refractivity contribution in [2.45, 2.75) is 44.8 Å². The van der Waals surface area contributed by atoms with Crippen molar-refractivity contribution in [3.63, 3.8) is 0 Å². The largest absolute Gasteiger partial charge is 0.381 e. The van der Waals surface area contributed by atoms with Gasteiger partial charge in [-0.05, 0) is 44.7 Å². The molecule has 1 aliphatic carbocycles. The first-order valence-corrected chi connectivity index (χ1v) is 9.43. The molecular formula is C20H22N6O2. The number of pyridine rings is 1. The standard InChI is InChI=1S/C20H22N6O2/c1-12-3-8-15(16(9-21)23-12)17-10-22-19-20(24-17)26(11-18(27)25-19)13-4-6-14(28-2)7-5-13/h3,8,10,13-14H,4-7,11H2,1-2H3,(H,22,25,27). The third-order valence-electron chi connectivity index (χ3n) is 5.43. The van der Waals surface area contributed by atoms with Gasteiger partial charge in [-0.15, -0.1) is 0 Å². The number of methoxy groups -OCH3 is 1. The first-order chi connectivity index (χ1) is 13.6. The van der Waals surface area contributed by atoms with Crippen LogP contribution in [0, 0.1) is 18.3 Å². The molecule has 1 amide bonds. The number of aromatic nitrogens is 3. The third kappa shape index (κ3) is 3.41. The number of anilines is 2.